The summed E-state index contributed by atoms with van der Waals surface area (Å²) < 4.78 is 55.0. The highest BCUT2D eigenvalue weighted by atomic mass is 19.3. The van der Waals surface area contributed by atoms with Gasteiger partial charge in [0.2, 0.25) is 18.0 Å². The lowest BCUT2D eigenvalue weighted by atomic mass is 9.81. The first-order valence-electron chi connectivity index (χ1n) is 10.5. The summed E-state index contributed by atoms with van der Waals surface area (Å²) in [4.78, 5) is 14.7. The maximum atomic E-state index is 13.1. The number of hydrogen-bond acceptors (Lipinski definition) is 6. The van der Waals surface area contributed by atoms with Crippen molar-refractivity contribution in [2.24, 2.45) is 5.92 Å². The molecule has 0 radical (unpaired) electrons. The van der Waals surface area contributed by atoms with Gasteiger partial charge in [-0.2, -0.15) is 0 Å². The zero-order chi connectivity index (χ0) is 23.2. The molecule has 2 aliphatic heterocycles. The standard InChI is InChI=1S/C22H33F2NO6/c1-19(2,3)31-18(26)25-13-15-17(30-21(5,28-7)20(4,27-6)29-15)14(22(25)11-12-22)9-8-10-16(23)24/h14-17H,10-13H2,1-7H3. The quantitative estimate of drug-likeness (QED) is 0.619. The molecule has 2 heterocycles. The number of methoxy groups -OCH3 is 2. The summed E-state index contributed by atoms with van der Waals surface area (Å²) in [5.74, 6) is 2.52. The number of likely N-dealkylation sites (tertiary alicyclic amines) is 1. The largest absolute Gasteiger partial charge is 0.444 e. The van der Waals surface area contributed by atoms with Crippen LogP contribution in [0.15, 0.2) is 0 Å². The number of amides is 1. The molecule has 31 heavy (non-hydrogen) atoms. The molecule has 0 aromatic carbocycles. The topological polar surface area (TPSA) is 66.5 Å². The van der Waals surface area contributed by atoms with E-state index in [1.165, 1.54) is 14.2 Å². The summed E-state index contributed by atoms with van der Waals surface area (Å²) in [6.07, 6.45) is -3.39. The summed E-state index contributed by atoms with van der Waals surface area (Å²) in [5.41, 5.74) is -1.32. The number of fused-ring (bicyclic) bond motifs is 1. The van der Waals surface area contributed by atoms with E-state index < -0.39 is 59.8 Å². The number of rotatable bonds is 3. The molecule has 5 atom stereocenters. The molecular weight excluding hydrogens is 412 g/mol. The molecule has 3 fully saturated rings. The average Bonchev–Trinajstić information content (AvgIpc) is 3.44. The van der Waals surface area contributed by atoms with E-state index in [2.05, 4.69) is 11.8 Å². The third kappa shape index (κ3) is 4.40. The van der Waals surface area contributed by atoms with Gasteiger partial charge in [0, 0.05) is 14.2 Å². The van der Waals surface area contributed by atoms with Gasteiger partial charge >= 0.3 is 6.09 Å². The van der Waals surface area contributed by atoms with Gasteiger partial charge in [-0.05, 0) is 47.5 Å². The predicted octanol–water partition coefficient (Wildman–Crippen LogP) is 3.55. The third-order valence-electron chi connectivity index (χ3n) is 6.41. The minimum Gasteiger partial charge on any atom is -0.444 e. The van der Waals surface area contributed by atoms with Crippen molar-refractivity contribution in [3.05, 3.63) is 0 Å². The minimum atomic E-state index is -2.53. The Morgan fingerprint density at radius 2 is 1.74 bits per heavy atom. The lowest BCUT2D eigenvalue weighted by molar-refractivity contribution is -0.456. The molecule has 1 saturated carbocycles. The molecule has 1 aliphatic carbocycles. The number of carbonyl (C=O) groups is 1. The summed E-state index contributed by atoms with van der Waals surface area (Å²) >= 11 is 0. The van der Waals surface area contributed by atoms with Gasteiger partial charge in [-0.25, -0.2) is 13.6 Å². The van der Waals surface area contributed by atoms with Gasteiger partial charge in [0.15, 0.2) is 0 Å². The SMILES string of the molecule is COC1(C)OC2CN(C(=O)OC(C)(C)C)C3(CC3)C(C#CCC(F)F)C2OC1(C)OC. The number of ether oxygens (including phenoxy) is 5. The van der Waals surface area contributed by atoms with Crippen LogP contribution in [0.5, 0.6) is 0 Å². The van der Waals surface area contributed by atoms with Gasteiger partial charge in [0.05, 0.1) is 24.4 Å². The second-order valence-corrected chi connectivity index (χ2v) is 9.63. The molecule has 3 aliphatic rings. The summed E-state index contributed by atoms with van der Waals surface area (Å²) in [5, 5.41) is 0. The van der Waals surface area contributed by atoms with Crippen LogP contribution >= 0.6 is 0 Å². The number of piperidine rings is 1. The molecule has 5 unspecified atom stereocenters. The van der Waals surface area contributed by atoms with Crippen molar-refractivity contribution >= 4 is 6.09 Å². The second-order valence-electron chi connectivity index (χ2n) is 9.63. The van der Waals surface area contributed by atoms with Crippen LogP contribution in [0.25, 0.3) is 0 Å². The van der Waals surface area contributed by atoms with E-state index in [0.717, 1.165) is 0 Å². The number of carbonyl (C=O) groups excluding carboxylic acids is 1. The van der Waals surface area contributed by atoms with Crippen molar-refractivity contribution in [2.45, 2.75) is 95.2 Å². The van der Waals surface area contributed by atoms with E-state index in [-0.39, 0.29) is 6.54 Å². The van der Waals surface area contributed by atoms with Crippen LogP contribution in [-0.2, 0) is 23.7 Å². The second kappa shape index (κ2) is 8.14. The first-order chi connectivity index (χ1) is 14.3. The summed E-state index contributed by atoms with van der Waals surface area (Å²) in [6, 6.07) is 0. The molecule has 0 aromatic rings. The number of alkyl halides is 2. The Kier molecular flexibility index (Phi) is 6.35. The van der Waals surface area contributed by atoms with Gasteiger partial charge in [-0.1, -0.05) is 11.8 Å². The lowest BCUT2D eigenvalue weighted by Gasteiger charge is -2.57. The Bertz CT molecular complexity index is 755. The molecular formula is C22H33F2NO6. The van der Waals surface area contributed by atoms with E-state index in [1.807, 2.05) is 0 Å². The van der Waals surface area contributed by atoms with Crippen molar-refractivity contribution in [3.8, 4) is 11.8 Å². The van der Waals surface area contributed by atoms with Crippen LogP contribution in [-0.4, -0.2) is 73.1 Å². The van der Waals surface area contributed by atoms with Crippen LogP contribution in [0.3, 0.4) is 0 Å². The molecule has 1 amide bonds. The third-order valence-corrected chi connectivity index (χ3v) is 6.41. The maximum absolute atomic E-state index is 13.1. The number of halogens is 2. The fourth-order valence-corrected chi connectivity index (χ4v) is 4.38. The van der Waals surface area contributed by atoms with E-state index in [4.69, 9.17) is 23.7 Å². The van der Waals surface area contributed by atoms with Crippen LogP contribution in [0.2, 0.25) is 0 Å². The van der Waals surface area contributed by atoms with Crippen molar-refractivity contribution in [3.63, 3.8) is 0 Å². The van der Waals surface area contributed by atoms with Gasteiger partial charge in [0.25, 0.3) is 0 Å². The van der Waals surface area contributed by atoms with E-state index in [0.29, 0.717) is 12.8 Å². The normalized spacial score (nSPS) is 36.6. The molecule has 176 valence electrons. The molecule has 2 saturated heterocycles. The minimum absolute atomic E-state index is 0.214. The highest BCUT2D eigenvalue weighted by Crippen LogP contribution is 2.56. The zero-order valence-corrected chi connectivity index (χ0v) is 19.3. The first-order valence-corrected chi connectivity index (χ1v) is 10.5. The van der Waals surface area contributed by atoms with Crippen LogP contribution in [0.1, 0.15) is 53.9 Å². The highest BCUT2D eigenvalue weighted by Gasteiger charge is 2.68. The average molecular weight is 446 g/mol. The number of hydrogen-bond donors (Lipinski definition) is 0. The monoisotopic (exact) mass is 445 g/mol. The van der Waals surface area contributed by atoms with E-state index in [1.54, 1.807) is 39.5 Å². The van der Waals surface area contributed by atoms with Crippen LogP contribution in [0, 0.1) is 17.8 Å². The van der Waals surface area contributed by atoms with Crippen molar-refractivity contribution in [1.82, 2.24) is 4.90 Å². The Balaban J connectivity index is 1.99. The van der Waals surface area contributed by atoms with Crippen molar-refractivity contribution in [2.75, 3.05) is 20.8 Å². The summed E-state index contributed by atoms with van der Waals surface area (Å²) in [6.45, 7) is 9.00. The van der Waals surface area contributed by atoms with Crippen LogP contribution < -0.4 is 0 Å². The van der Waals surface area contributed by atoms with E-state index in [9.17, 15) is 13.6 Å². The van der Waals surface area contributed by atoms with Gasteiger partial charge < -0.3 is 23.7 Å². The molecule has 0 aromatic heterocycles. The first kappa shape index (κ1) is 24.2. The summed E-state index contributed by atoms with van der Waals surface area (Å²) in [7, 11) is 2.97. The van der Waals surface area contributed by atoms with Crippen LogP contribution in [0.4, 0.5) is 13.6 Å². The molecule has 3 rings (SSSR count). The zero-order valence-electron chi connectivity index (χ0n) is 19.3. The van der Waals surface area contributed by atoms with Crippen molar-refractivity contribution in [1.29, 1.82) is 0 Å². The molecule has 9 heteroatoms. The fraction of sp³-hybridized carbons (Fsp3) is 0.864. The van der Waals surface area contributed by atoms with Gasteiger partial charge in [-0.15, -0.1) is 0 Å². The molecule has 0 bridgehead atoms. The number of nitrogens with zero attached hydrogens (tertiary/aromatic N) is 1. The fourth-order valence-electron chi connectivity index (χ4n) is 4.38. The predicted molar refractivity (Wildman–Crippen MR) is 107 cm³/mol. The van der Waals surface area contributed by atoms with Gasteiger partial charge in [-0.3, -0.25) is 4.90 Å². The maximum Gasteiger partial charge on any atom is 0.410 e. The Labute approximate surface area is 182 Å². The van der Waals surface area contributed by atoms with E-state index >= 15 is 0 Å². The Morgan fingerprint density at radius 1 is 1.16 bits per heavy atom. The smallest absolute Gasteiger partial charge is 0.410 e. The lowest BCUT2D eigenvalue weighted by Crippen LogP contribution is -2.72. The Morgan fingerprint density at radius 3 is 2.23 bits per heavy atom. The van der Waals surface area contributed by atoms with Crippen molar-refractivity contribution < 1.29 is 37.3 Å². The highest BCUT2D eigenvalue weighted by molar-refractivity contribution is 5.70. The molecule has 1 spiro atoms. The molecule has 7 nitrogen and oxygen atoms in total. The molecule has 0 N–H and O–H groups in total. The Hall–Kier alpha value is -1.47. The van der Waals surface area contributed by atoms with Gasteiger partial charge in [0.1, 0.15) is 17.8 Å².